The van der Waals surface area contributed by atoms with E-state index in [1.54, 1.807) is 4.90 Å². The topological polar surface area (TPSA) is 46.8 Å². The molecule has 1 saturated heterocycles. The van der Waals surface area contributed by atoms with Crippen molar-refractivity contribution in [1.29, 1.82) is 0 Å². The molecule has 1 aliphatic rings. The van der Waals surface area contributed by atoms with Crippen molar-refractivity contribution >= 4 is 22.2 Å². The largest absolute Gasteiger partial charge is 0.379 e. The molecule has 1 atom stereocenters. The molecule has 0 bridgehead atoms. The first-order valence-corrected chi connectivity index (χ1v) is 9.31. The fraction of sp³-hybridized carbons (Fsp3) is 0.368. The number of hydrogen-bond donors (Lipinski definition) is 0. The Kier molecular flexibility index (Phi) is 4.09. The van der Waals surface area contributed by atoms with Crippen LogP contribution in [0.2, 0.25) is 0 Å². The Morgan fingerprint density at radius 1 is 1.40 bits per heavy atom. The van der Waals surface area contributed by atoms with E-state index in [4.69, 9.17) is 9.72 Å². The van der Waals surface area contributed by atoms with Gasteiger partial charge in [-0.15, -0.1) is 11.3 Å². The zero-order chi connectivity index (χ0) is 17.6. The molecule has 5 nitrogen and oxygen atoms in total. The average molecular weight is 355 g/mol. The smallest absolute Gasteiger partial charge is 0.271 e. The van der Waals surface area contributed by atoms with Gasteiger partial charge in [-0.25, -0.2) is 4.98 Å². The second kappa shape index (κ2) is 6.28. The molecule has 0 aliphatic carbocycles. The van der Waals surface area contributed by atoms with Crippen LogP contribution < -0.4 is 0 Å². The first-order chi connectivity index (χ1) is 12.0. The third-order valence-corrected chi connectivity index (χ3v) is 5.71. The molecule has 1 aromatic carbocycles. The molecule has 25 heavy (non-hydrogen) atoms. The van der Waals surface area contributed by atoms with Gasteiger partial charge in [0.05, 0.1) is 18.3 Å². The molecule has 6 heteroatoms. The molecule has 3 heterocycles. The number of nitrogens with zero attached hydrogens (tertiary/aromatic N) is 3. The van der Waals surface area contributed by atoms with Gasteiger partial charge >= 0.3 is 0 Å². The maximum absolute atomic E-state index is 12.9. The van der Waals surface area contributed by atoms with Crippen molar-refractivity contribution in [2.45, 2.75) is 26.3 Å². The van der Waals surface area contributed by atoms with Gasteiger partial charge < -0.3 is 9.64 Å². The Balaban J connectivity index is 1.71. The number of benzene rings is 1. The van der Waals surface area contributed by atoms with E-state index < -0.39 is 0 Å². The molecule has 1 amide bonds. The number of aryl methyl sites for hydroxylation is 2. The SMILES string of the molecule is Cc1ccc(C)c(-c2cn3c(C(=O)N(C)C4CCOC4)csc3n2)c1. The van der Waals surface area contributed by atoms with Crippen molar-refractivity contribution in [2.24, 2.45) is 0 Å². The molecule has 0 saturated carbocycles. The lowest BCUT2D eigenvalue weighted by Crippen LogP contribution is -2.37. The van der Waals surface area contributed by atoms with Gasteiger partial charge in [-0.05, 0) is 31.9 Å². The molecular formula is C19H21N3O2S. The van der Waals surface area contributed by atoms with Gasteiger partial charge in [0.1, 0.15) is 5.69 Å². The first-order valence-electron chi connectivity index (χ1n) is 8.43. The van der Waals surface area contributed by atoms with Gasteiger partial charge in [-0.2, -0.15) is 0 Å². The zero-order valence-electron chi connectivity index (χ0n) is 14.7. The summed E-state index contributed by atoms with van der Waals surface area (Å²) < 4.78 is 7.32. The van der Waals surface area contributed by atoms with Gasteiger partial charge in [0.25, 0.3) is 5.91 Å². The van der Waals surface area contributed by atoms with E-state index in [1.165, 1.54) is 22.5 Å². The van der Waals surface area contributed by atoms with Crippen molar-refractivity contribution in [2.75, 3.05) is 20.3 Å². The van der Waals surface area contributed by atoms with Crippen LogP contribution >= 0.6 is 11.3 Å². The molecule has 4 rings (SSSR count). The van der Waals surface area contributed by atoms with Crippen LogP contribution in [-0.2, 0) is 4.74 Å². The van der Waals surface area contributed by atoms with Crippen LogP contribution in [0.15, 0.2) is 29.8 Å². The summed E-state index contributed by atoms with van der Waals surface area (Å²) in [5.41, 5.74) is 5.08. The summed E-state index contributed by atoms with van der Waals surface area (Å²) >= 11 is 1.50. The number of imidazole rings is 1. The van der Waals surface area contributed by atoms with Gasteiger partial charge in [-0.1, -0.05) is 17.7 Å². The Labute approximate surface area is 150 Å². The van der Waals surface area contributed by atoms with Crippen LogP contribution in [0.1, 0.15) is 28.0 Å². The molecule has 130 valence electrons. The number of carbonyl (C=O) groups excluding carboxylic acids is 1. The van der Waals surface area contributed by atoms with Crippen LogP contribution in [-0.4, -0.2) is 46.5 Å². The van der Waals surface area contributed by atoms with E-state index in [0.717, 1.165) is 29.2 Å². The number of carbonyl (C=O) groups is 1. The van der Waals surface area contributed by atoms with E-state index >= 15 is 0 Å². The fourth-order valence-electron chi connectivity index (χ4n) is 3.25. The number of ether oxygens (including phenoxy) is 1. The van der Waals surface area contributed by atoms with E-state index in [2.05, 4.69) is 32.0 Å². The number of thiazole rings is 1. The fourth-order valence-corrected chi connectivity index (χ4v) is 4.10. The predicted molar refractivity (Wildman–Crippen MR) is 99.3 cm³/mol. The Morgan fingerprint density at radius 2 is 2.24 bits per heavy atom. The normalized spacial score (nSPS) is 17.3. The van der Waals surface area contributed by atoms with Gasteiger partial charge in [0, 0.05) is 30.8 Å². The maximum Gasteiger partial charge on any atom is 0.271 e. The highest BCUT2D eigenvalue weighted by atomic mass is 32.1. The zero-order valence-corrected chi connectivity index (χ0v) is 15.5. The average Bonchev–Trinajstić information content (AvgIpc) is 3.32. The minimum Gasteiger partial charge on any atom is -0.379 e. The van der Waals surface area contributed by atoms with Crippen molar-refractivity contribution in [1.82, 2.24) is 14.3 Å². The monoisotopic (exact) mass is 355 g/mol. The molecule has 1 aliphatic heterocycles. The number of likely N-dealkylation sites (N-methyl/N-ethyl adjacent to an activating group) is 1. The summed E-state index contributed by atoms with van der Waals surface area (Å²) in [6.45, 7) is 5.51. The molecular weight excluding hydrogens is 334 g/mol. The molecule has 1 fully saturated rings. The molecule has 2 aromatic heterocycles. The lowest BCUT2D eigenvalue weighted by molar-refractivity contribution is 0.0704. The molecule has 1 unspecified atom stereocenters. The lowest BCUT2D eigenvalue weighted by atomic mass is 10.0. The third-order valence-electron chi connectivity index (χ3n) is 4.87. The highest BCUT2D eigenvalue weighted by molar-refractivity contribution is 7.15. The van der Waals surface area contributed by atoms with E-state index in [1.807, 2.05) is 23.0 Å². The van der Waals surface area contributed by atoms with Crippen LogP contribution in [0.4, 0.5) is 0 Å². The third kappa shape index (κ3) is 2.85. The van der Waals surface area contributed by atoms with Crippen molar-refractivity contribution in [3.63, 3.8) is 0 Å². The van der Waals surface area contributed by atoms with Crippen molar-refractivity contribution in [3.05, 3.63) is 46.6 Å². The van der Waals surface area contributed by atoms with E-state index in [9.17, 15) is 4.79 Å². The summed E-state index contributed by atoms with van der Waals surface area (Å²) in [6, 6.07) is 6.51. The second-order valence-electron chi connectivity index (χ2n) is 6.65. The minimum absolute atomic E-state index is 0.0201. The number of aromatic nitrogens is 2. The van der Waals surface area contributed by atoms with Crippen LogP contribution in [0.3, 0.4) is 0 Å². The summed E-state index contributed by atoms with van der Waals surface area (Å²) in [7, 11) is 1.85. The summed E-state index contributed by atoms with van der Waals surface area (Å²) in [4.78, 5) is 20.3. The van der Waals surface area contributed by atoms with Crippen molar-refractivity contribution in [3.8, 4) is 11.3 Å². The van der Waals surface area contributed by atoms with Gasteiger partial charge in [0.2, 0.25) is 0 Å². The summed E-state index contributed by atoms with van der Waals surface area (Å²) in [6.07, 6.45) is 2.87. The van der Waals surface area contributed by atoms with Gasteiger partial charge in [-0.3, -0.25) is 9.20 Å². The predicted octanol–water partition coefficient (Wildman–Crippen LogP) is 3.54. The number of hydrogen-bond acceptors (Lipinski definition) is 4. The van der Waals surface area contributed by atoms with Crippen LogP contribution in [0.5, 0.6) is 0 Å². The lowest BCUT2D eigenvalue weighted by Gasteiger charge is -2.22. The summed E-state index contributed by atoms with van der Waals surface area (Å²) in [5.74, 6) is 0.0201. The molecule has 3 aromatic rings. The quantitative estimate of drug-likeness (QED) is 0.722. The van der Waals surface area contributed by atoms with Crippen LogP contribution in [0.25, 0.3) is 16.2 Å². The Bertz CT molecular complexity index is 937. The Hall–Kier alpha value is -2.18. The number of amides is 1. The summed E-state index contributed by atoms with van der Waals surface area (Å²) in [5, 5.41) is 1.89. The van der Waals surface area contributed by atoms with Gasteiger partial charge in [0.15, 0.2) is 4.96 Å². The van der Waals surface area contributed by atoms with E-state index in [-0.39, 0.29) is 11.9 Å². The standard InChI is InChI=1S/C19H21N3O2S/c1-12-4-5-13(2)15(8-12)16-9-22-17(11-25-19(22)20-16)18(23)21(3)14-6-7-24-10-14/h4-5,8-9,11,14H,6-7,10H2,1-3H3. The Morgan fingerprint density at radius 3 is 3.00 bits per heavy atom. The number of fused-ring (bicyclic) bond motifs is 1. The molecule has 0 spiro atoms. The number of rotatable bonds is 3. The minimum atomic E-state index is 0.0201. The maximum atomic E-state index is 12.9. The molecule has 0 N–H and O–H groups in total. The second-order valence-corrected chi connectivity index (χ2v) is 7.49. The highest BCUT2D eigenvalue weighted by Gasteiger charge is 2.27. The highest BCUT2D eigenvalue weighted by Crippen LogP contribution is 2.27. The van der Waals surface area contributed by atoms with E-state index in [0.29, 0.717) is 12.3 Å². The molecule has 0 radical (unpaired) electrons. The van der Waals surface area contributed by atoms with Crippen LogP contribution in [0, 0.1) is 13.8 Å². The van der Waals surface area contributed by atoms with Crippen molar-refractivity contribution < 1.29 is 9.53 Å². The first kappa shape index (κ1) is 16.3.